The van der Waals surface area contributed by atoms with Crippen molar-refractivity contribution in [2.75, 3.05) is 6.54 Å². The van der Waals surface area contributed by atoms with Gasteiger partial charge in [-0.1, -0.05) is 18.6 Å². The second-order valence-corrected chi connectivity index (χ2v) is 5.91. The van der Waals surface area contributed by atoms with E-state index in [0.717, 1.165) is 18.9 Å². The predicted molar refractivity (Wildman–Crippen MR) is 84.4 cm³/mol. The Balaban J connectivity index is 2.10. The standard InChI is InChI=1S/C18H18F2N2O2/c19-12-7-8-13(14(20)11-12)17(15-5-1-3-9-21-15)22-10-4-2-6-16(22)18(23)24/h1,3,5,7-9,11,16-17H,2,4,6,10H2,(H,23,24). The molecule has 0 bridgehead atoms. The van der Waals surface area contributed by atoms with Gasteiger partial charge in [-0.15, -0.1) is 0 Å². The number of nitrogens with zero attached hydrogens (tertiary/aromatic N) is 2. The lowest BCUT2D eigenvalue weighted by molar-refractivity contribution is -0.145. The van der Waals surface area contributed by atoms with E-state index < -0.39 is 29.7 Å². The number of carboxylic acid groups (broad SMARTS) is 1. The van der Waals surface area contributed by atoms with E-state index in [1.807, 2.05) is 0 Å². The van der Waals surface area contributed by atoms with Crippen LogP contribution in [0.1, 0.15) is 36.6 Å². The van der Waals surface area contributed by atoms with Crippen molar-refractivity contribution in [1.82, 2.24) is 9.88 Å². The van der Waals surface area contributed by atoms with Crippen molar-refractivity contribution in [2.24, 2.45) is 0 Å². The van der Waals surface area contributed by atoms with Crippen molar-refractivity contribution in [1.29, 1.82) is 0 Å². The topological polar surface area (TPSA) is 53.4 Å². The number of benzene rings is 1. The minimum Gasteiger partial charge on any atom is -0.480 e. The number of piperidine rings is 1. The smallest absolute Gasteiger partial charge is 0.320 e. The Labute approximate surface area is 138 Å². The molecule has 0 radical (unpaired) electrons. The molecule has 6 heteroatoms. The normalized spacial score (nSPS) is 19.8. The molecule has 3 rings (SSSR count). The Morgan fingerprint density at radius 2 is 2.08 bits per heavy atom. The fourth-order valence-electron chi connectivity index (χ4n) is 3.30. The van der Waals surface area contributed by atoms with Gasteiger partial charge >= 0.3 is 5.97 Å². The number of aliphatic carboxylic acids is 1. The highest BCUT2D eigenvalue weighted by molar-refractivity contribution is 5.73. The van der Waals surface area contributed by atoms with Crippen molar-refractivity contribution in [3.63, 3.8) is 0 Å². The molecule has 24 heavy (non-hydrogen) atoms. The summed E-state index contributed by atoms with van der Waals surface area (Å²) in [6.45, 7) is 0.523. The Bertz CT molecular complexity index is 724. The summed E-state index contributed by atoms with van der Waals surface area (Å²) in [5.74, 6) is -2.29. The summed E-state index contributed by atoms with van der Waals surface area (Å²) in [5, 5.41) is 9.55. The minimum absolute atomic E-state index is 0.239. The summed E-state index contributed by atoms with van der Waals surface area (Å²) in [6, 6.07) is 7.27. The van der Waals surface area contributed by atoms with Gasteiger partial charge in [-0.2, -0.15) is 0 Å². The van der Waals surface area contributed by atoms with Gasteiger partial charge in [0, 0.05) is 17.8 Å². The molecule has 2 aromatic rings. The Hall–Kier alpha value is -2.34. The molecule has 0 amide bonds. The molecule has 1 aliphatic heterocycles. The summed E-state index contributed by atoms with van der Waals surface area (Å²) < 4.78 is 27.7. The first kappa shape index (κ1) is 16.5. The second-order valence-electron chi connectivity index (χ2n) is 5.91. The number of halogens is 2. The van der Waals surface area contributed by atoms with Gasteiger partial charge < -0.3 is 5.11 Å². The van der Waals surface area contributed by atoms with E-state index in [-0.39, 0.29) is 5.56 Å². The molecule has 1 aliphatic rings. The maximum absolute atomic E-state index is 14.4. The first-order chi connectivity index (χ1) is 11.6. The van der Waals surface area contributed by atoms with Crippen LogP contribution in [0.2, 0.25) is 0 Å². The number of aromatic nitrogens is 1. The van der Waals surface area contributed by atoms with Gasteiger partial charge in [0.05, 0.1) is 11.7 Å². The quantitative estimate of drug-likeness (QED) is 0.932. The van der Waals surface area contributed by atoms with Crippen molar-refractivity contribution in [2.45, 2.75) is 31.3 Å². The Morgan fingerprint density at radius 3 is 2.75 bits per heavy atom. The molecule has 126 valence electrons. The lowest BCUT2D eigenvalue weighted by atomic mass is 9.93. The third-order valence-corrected chi connectivity index (χ3v) is 4.39. The number of carboxylic acids is 1. The minimum atomic E-state index is -0.932. The van der Waals surface area contributed by atoms with Crippen LogP contribution in [0.25, 0.3) is 0 Å². The molecule has 2 heterocycles. The van der Waals surface area contributed by atoms with E-state index in [0.29, 0.717) is 18.7 Å². The average molecular weight is 332 g/mol. The summed E-state index contributed by atoms with van der Waals surface area (Å²) in [5.41, 5.74) is 0.791. The van der Waals surface area contributed by atoms with Crippen LogP contribution in [-0.4, -0.2) is 33.5 Å². The lowest BCUT2D eigenvalue weighted by Gasteiger charge is -2.39. The maximum atomic E-state index is 14.4. The number of rotatable bonds is 4. The molecular formula is C18H18F2N2O2. The molecule has 1 fully saturated rings. The molecular weight excluding hydrogens is 314 g/mol. The molecule has 2 unspecified atom stereocenters. The lowest BCUT2D eigenvalue weighted by Crippen LogP contribution is -2.47. The monoisotopic (exact) mass is 332 g/mol. The van der Waals surface area contributed by atoms with Gasteiger partial charge in [-0.25, -0.2) is 8.78 Å². The van der Waals surface area contributed by atoms with Gasteiger partial charge in [0.1, 0.15) is 17.7 Å². The van der Waals surface area contributed by atoms with Gasteiger partial charge in [-0.3, -0.25) is 14.7 Å². The van der Waals surface area contributed by atoms with Crippen LogP contribution in [0.4, 0.5) is 8.78 Å². The van der Waals surface area contributed by atoms with Gasteiger partial charge in [0.15, 0.2) is 0 Å². The van der Waals surface area contributed by atoms with Gasteiger partial charge in [0.2, 0.25) is 0 Å². The molecule has 4 nitrogen and oxygen atoms in total. The molecule has 2 atom stereocenters. The third kappa shape index (κ3) is 3.28. The van der Waals surface area contributed by atoms with Crippen LogP contribution in [0.5, 0.6) is 0 Å². The molecule has 0 aliphatic carbocycles. The molecule has 0 saturated carbocycles. The molecule has 1 aromatic carbocycles. The highest BCUT2D eigenvalue weighted by Crippen LogP contribution is 2.34. The number of hydrogen-bond acceptors (Lipinski definition) is 3. The summed E-state index contributed by atoms with van der Waals surface area (Å²) >= 11 is 0. The highest BCUT2D eigenvalue weighted by Gasteiger charge is 2.36. The van der Waals surface area contributed by atoms with Crippen LogP contribution in [0.3, 0.4) is 0 Å². The maximum Gasteiger partial charge on any atom is 0.320 e. The largest absolute Gasteiger partial charge is 0.480 e. The van der Waals surface area contributed by atoms with Crippen molar-refractivity contribution in [3.8, 4) is 0 Å². The Kier molecular flexibility index (Phi) is 4.85. The van der Waals surface area contributed by atoms with E-state index >= 15 is 0 Å². The van der Waals surface area contributed by atoms with Crippen molar-refractivity contribution >= 4 is 5.97 Å². The van der Waals surface area contributed by atoms with Crippen LogP contribution < -0.4 is 0 Å². The first-order valence-corrected chi connectivity index (χ1v) is 7.92. The number of pyridine rings is 1. The average Bonchev–Trinajstić information content (AvgIpc) is 2.58. The molecule has 1 saturated heterocycles. The SMILES string of the molecule is O=C(O)C1CCCCN1C(c1ccccn1)c1ccc(F)cc1F. The van der Waals surface area contributed by atoms with E-state index in [4.69, 9.17) is 0 Å². The number of likely N-dealkylation sites (tertiary alicyclic amines) is 1. The molecule has 1 N–H and O–H groups in total. The zero-order valence-electron chi connectivity index (χ0n) is 13.0. The van der Waals surface area contributed by atoms with E-state index in [1.165, 1.54) is 12.1 Å². The van der Waals surface area contributed by atoms with Crippen LogP contribution in [0.15, 0.2) is 42.6 Å². The fourth-order valence-corrected chi connectivity index (χ4v) is 3.30. The van der Waals surface area contributed by atoms with E-state index in [2.05, 4.69) is 4.98 Å². The van der Waals surface area contributed by atoms with Crippen LogP contribution >= 0.6 is 0 Å². The first-order valence-electron chi connectivity index (χ1n) is 7.92. The van der Waals surface area contributed by atoms with Crippen LogP contribution in [-0.2, 0) is 4.79 Å². The zero-order chi connectivity index (χ0) is 17.1. The fraction of sp³-hybridized carbons (Fsp3) is 0.333. The third-order valence-electron chi connectivity index (χ3n) is 4.39. The van der Waals surface area contributed by atoms with Crippen LogP contribution in [0, 0.1) is 11.6 Å². The molecule has 1 aromatic heterocycles. The number of hydrogen-bond donors (Lipinski definition) is 1. The number of carbonyl (C=O) groups is 1. The summed E-state index contributed by atoms with van der Waals surface area (Å²) in [6.07, 6.45) is 3.73. The molecule has 0 spiro atoms. The zero-order valence-corrected chi connectivity index (χ0v) is 13.0. The van der Waals surface area contributed by atoms with E-state index in [9.17, 15) is 18.7 Å². The van der Waals surface area contributed by atoms with E-state index in [1.54, 1.807) is 29.3 Å². The predicted octanol–water partition coefficient (Wildman–Crippen LogP) is 3.39. The highest BCUT2D eigenvalue weighted by atomic mass is 19.1. The summed E-state index contributed by atoms with van der Waals surface area (Å²) in [7, 11) is 0. The van der Waals surface area contributed by atoms with Gasteiger partial charge in [0.25, 0.3) is 0 Å². The Morgan fingerprint density at radius 1 is 1.25 bits per heavy atom. The second kappa shape index (κ2) is 7.05. The summed E-state index contributed by atoms with van der Waals surface area (Å²) in [4.78, 5) is 17.7. The van der Waals surface area contributed by atoms with Crippen molar-refractivity contribution in [3.05, 3.63) is 65.5 Å². The van der Waals surface area contributed by atoms with Crippen molar-refractivity contribution < 1.29 is 18.7 Å². The van der Waals surface area contributed by atoms with Gasteiger partial charge in [-0.05, 0) is 37.6 Å².